The number of ether oxygens (including phenoxy) is 1. The van der Waals surface area contributed by atoms with Crippen LogP contribution in [0.15, 0.2) is 18.2 Å². The molecule has 0 amide bonds. The Balaban J connectivity index is 2.09. The minimum atomic E-state index is 0.173. The maximum absolute atomic E-state index is 9.95. The Morgan fingerprint density at radius 2 is 2.05 bits per heavy atom. The van der Waals surface area contributed by atoms with Gasteiger partial charge in [0.05, 0.1) is 7.11 Å². The fraction of sp³-hybridized carbons (Fsp3) is 0.600. The van der Waals surface area contributed by atoms with E-state index in [9.17, 15) is 5.11 Å². The Hall–Kier alpha value is -1.26. The van der Waals surface area contributed by atoms with E-state index in [2.05, 4.69) is 30.7 Å². The quantitative estimate of drug-likeness (QED) is 0.905. The monoisotopic (exact) mass is 264 g/mol. The third-order valence-electron chi connectivity index (χ3n) is 4.08. The van der Waals surface area contributed by atoms with Crippen LogP contribution in [0.5, 0.6) is 11.5 Å². The Kier molecular flexibility index (Phi) is 4.02. The molecule has 0 unspecified atom stereocenters. The summed E-state index contributed by atoms with van der Waals surface area (Å²) in [6.07, 6.45) is 0. The first-order chi connectivity index (χ1) is 8.92. The van der Waals surface area contributed by atoms with Gasteiger partial charge in [-0.2, -0.15) is 0 Å². The van der Waals surface area contributed by atoms with Crippen LogP contribution in [-0.2, 0) is 6.54 Å². The number of piperazine rings is 1. The van der Waals surface area contributed by atoms with Crippen LogP contribution in [0, 0.1) is 0 Å². The summed E-state index contributed by atoms with van der Waals surface area (Å²) in [5.74, 6) is 1.14. The largest absolute Gasteiger partial charge is 0.508 e. The van der Waals surface area contributed by atoms with E-state index in [0.29, 0.717) is 5.75 Å². The van der Waals surface area contributed by atoms with Crippen LogP contribution >= 0.6 is 0 Å². The van der Waals surface area contributed by atoms with E-state index in [-0.39, 0.29) is 5.54 Å². The van der Waals surface area contributed by atoms with Crippen LogP contribution in [0.3, 0.4) is 0 Å². The first-order valence-corrected chi connectivity index (χ1v) is 6.72. The Labute approximate surface area is 115 Å². The molecule has 2 rings (SSSR count). The standard InChI is InChI=1S/C15H24N2O2/c1-15(2)11-17(8-7-16(15)3)10-12-9-13(19-4)5-6-14(12)18/h5-6,9,18H,7-8,10-11H2,1-4H3. The number of aromatic hydroxyl groups is 1. The van der Waals surface area contributed by atoms with E-state index in [1.165, 1.54) is 0 Å². The topological polar surface area (TPSA) is 35.9 Å². The van der Waals surface area contributed by atoms with Gasteiger partial charge in [0.15, 0.2) is 0 Å². The van der Waals surface area contributed by atoms with Crippen molar-refractivity contribution in [1.29, 1.82) is 0 Å². The number of phenols is 1. The van der Waals surface area contributed by atoms with Gasteiger partial charge in [0.2, 0.25) is 0 Å². The van der Waals surface area contributed by atoms with E-state index >= 15 is 0 Å². The summed E-state index contributed by atoms with van der Waals surface area (Å²) in [6, 6.07) is 5.41. The summed E-state index contributed by atoms with van der Waals surface area (Å²) in [7, 11) is 3.81. The molecule has 19 heavy (non-hydrogen) atoms. The summed E-state index contributed by atoms with van der Waals surface area (Å²) < 4.78 is 5.22. The molecule has 0 spiro atoms. The van der Waals surface area contributed by atoms with Gasteiger partial charge >= 0.3 is 0 Å². The molecule has 0 saturated carbocycles. The van der Waals surface area contributed by atoms with Crippen LogP contribution in [0.4, 0.5) is 0 Å². The maximum atomic E-state index is 9.95. The predicted octanol–water partition coefficient (Wildman–Crippen LogP) is 1.93. The normalized spacial score (nSPS) is 20.4. The highest BCUT2D eigenvalue weighted by Crippen LogP contribution is 2.26. The zero-order chi connectivity index (χ0) is 14.0. The molecule has 4 nitrogen and oxygen atoms in total. The molecule has 1 aromatic carbocycles. The van der Waals surface area contributed by atoms with Gasteiger partial charge < -0.3 is 9.84 Å². The predicted molar refractivity (Wildman–Crippen MR) is 76.6 cm³/mol. The Bertz CT molecular complexity index is 446. The minimum Gasteiger partial charge on any atom is -0.508 e. The number of phenolic OH excluding ortho intramolecular Hbond substituents is 1. The highest BCUT2D eigenvalue weighted by atomic mass is 16.5. The lowest BCUT2D eigenvalue weighted by molar-refractivity contribution is 0.0356. The van der Waals surface area contributed by atoms with Gasteiger partial charge in [-0.1, -0.05) is 0 Å². The van der Waals surface area contributed by atoms with Crippen molar-refractivity contribution in [2.75, 3.05) is 33.8 Å². The molecule has 1 aliphatic rings. The molecular weight excluding hydrogens is 240 g/mol. The molecule has 1 saturated heterocycles. The lowest BCUT2D eigenvalue weighted by atomic mass is 9.99. The molecule has 0 radical (unpaired) electrons. The zero-order valence-electron chi connectivity index (χ0n) is 12.3. The highest BCUT2D eigenvalue weighted by molar-refractivity contribution is 5.39. The molecule has 0 aliphatic carbocycles. The first-order valence-electron chi connectivity index (χ1n) is 6.72. The van der Waals surface area contributed by atoms with Gasteiger partial charge in [-0.3, -0.25) is 9.80 Å². The maximum Gasteiger partial charge on any atom is 0.120 e. The highest BCUT2D eigenvalue weighted by Gasteiger charge is 2.31. The molecule has 0 aromatic heterocycles. The summed E-state index contributed by atoms with van der Waals surface area (Å²) in [5.41, 5.74) is 1.10. The van der Waals surface area contributed by atoms with Crippen LogP contribution in [0.1, 0.15) is 19.4 Å². The lowest BCUT2D eigenvalue weighted by Crippen LogP contribution is -2.57. The van der Waals surface area contributed by atoms with E-state index in [1.54, 1.807) is 19.2 Å². The van der Waals surface area contributed by atoms with Crippen molar-refractivity contribution in [2.45, 2.75) is 25.9 Å². The van der Waals surface area contributed by atoms with Crippen molar-refractivity contribution >= 4 is 0 Å². The second-order valence-electron chi connectivity index (χ2n) is 5.94. The number of nitrogens with zero attached hydrogens (tertiary/aromatic N) is 2. The molecule has 106 valence electrons. The molecule has 1 heterocycles. The van der Waals surface area contributed by atoms with E-state index in [1.807, 2.05) is 6.07 Å². The molecule has 4 heteroatoms. The number of hydrogen-bond acceptors (Lipinski definition) is 4. The molecule has 0 atom stereocenters. The SMILES string of the molecule is COc1ccc(O)c(CN2CCN(C)C(C)(C)C2)c1. The average molecular weight is 264 g/mol. The number of rotatable bonds is 3. The van der Waals surface area contributed by atoms with Gasteiger partial charge in [-0.25, -0.2) is 0 Å². The fourth-order valence-corrected chi connectivity index (χ4v) is 2.53. The summed E-state index contributed by atoms with van der Waals surface area (Å²) >= 11 is 0. The molecule has 1 aliphatic heterocycles. The molecular formula is C15H24N2O2. The van der Waals surface area contributed by atoms with Crippen molar-refractivity contribution in [3.63, 3.8) is 0 Å². The first kappa shape index (κ1) is 14.2. The molecule has 1 N–H and O–H groups in total. The fourth-order valence-electron chi connectivity index (χ4n) is 2.53. The van der Waals surface area contributed by atoms with Gasteiger partial charge in [0.1, 0.15) is 11.5 Å². The smallest absolute Gasteiger partial charge is 0.120 e. The number of likely N-dealkylation sites (N-methyl/N-ethyl adjacent to an activating group) is 1. The van der Waals surface area contributed by atoms with Crippen LogP contribution < -0.4 is 4.74 Å². The van der Waals surface area contributed by atoms with E-state index in [4.69, 9.17) is 4.74 Å². The van der Waals surface area contributed by atoms with Gasteiger partial charge in [0, 0.05) is 37.3 Å². The van der Waals surface area contributed by atoms with Crippen molar-refractivity contribution in [1.82, 2.24) is 9.80 Å². The van der Waals surface area contributed by atoms with Crippen molar-refractivity contribution in [3.8, 4) is 11.5 Å². The summed E-state index contributed by atoms with van der Waals surface area (Å²) in [5, 5.41) is 9.95. The van der Waals surface area contributed by atoms with Crippen LogP contribution in [0.2, 0.25) is 0 Å². The zero-order valence-corrected chi connectivity index (χ0v) is 12.3. The van der Waals surface area contributed by atoms with Crippen LogP contribution in [-0.4, -0.2) is 54.2 Å². The number of hydrogen-bond donors (Lipinski definition) is 1. The molecule has 1 fully saturated rings. The van der Waals surface area contributed by atoms with Crippen LogP contribution in [0.25, 0.3) is 0 Å². The van der Waals surface area contributed by atoms with Gasteiger partial charge in [-0.15, -0.1) is 0 Å². The molecule has 0 bridgehead atoms. The average Bonchev–Trinajstić information content (AvgIpc) is 2.36. The van der Waals surface area contributed by atoms with E-state index in [0.717, 1.165) is 37.5 Å². The van der Waals surface area contributed by atoms with Gasteiger partial charge in [-0.05, 0) is 39.1 Å². The second-order valence-corrected chi connectivity index (χ2v) is 5.94. The lowest BCUT2D eigenvalue weighted by Gasteiger charge is -2.45. The van der Waals surface area contributed by atoms with Crippen molar-refractivity contribution in [3.05, 3.63) is 23.8 Å². The second kappa shape index (κ2) is 5.39. The number of benzene rings is 1. The molecule has 1 aromatic rings. The Morgan fingerprint density at radius 3 is 2.68 bits per heavy atom. The minimum absolute atomic E-state index is 0.173. The number of methoxy groups -OCH3 is 1. The summed E-state index contributed by atoms with van der Waals surface area (Å²) in [6.45, 7) is 8.35. The van der Waals surface area contributed by atoms with Gasteiger partial charge in [0.25, 0.3) is 0 Å². The third kappa shape index (κ3) is 3.19. The third-order valence-corrected chi connectivity index (χ3v) is 4.08. The van der Waals surface area contributed by atoms with E-state index < -0.39 is 0 Å². The van der Waals surface area contributed by atoms with Crippen molar-refractivity contribution < 1.29 is 9.84 Å². The summed E-state index contributed by atoms with van der Waals surface area (Å²) in [4.78, 5) is 4.77. The van der Waals surface area contributed by atoms with Crippen molar-refractivity contribution in [2.24, 2.45) is 0 Å². The Morgan fingerprint density at radius 1 is 1.32 bits per heavy atom.